The average molecular weight is 422 g/mol. The van der Waals surface area contributed by atoms with Crippen LogP contribution < -0.4 is 20.2 Å². The van der Waals surface area contributed by atoms with Crippen LogP contribution in [0, 0.1) is 0 Å². The molecule has 0 saturated carbocycles. The van der Waals surface area contributed by atoms with Crippen molar-refractivity contribution >= 4 is 35.1 Å². The summed E-state index contributed by atoms with van der Waals surface area (Å²) < 4.78 is 16.3. The summed E-state index contributed by atoms with van der Waals surface area (Å²) in [5.41, 5.74) is 4.52. The third-order valence-electron chi connectivity index (χ3n) is 3.70. The van der Waals surface area contributed by atoms with Gasteiger partial charge in [0.25, 0.3) is 0 Å². The second-order valence-electron chi connectivity index (χ2n) is 5.99. The molecule has 0 bridgehead atoms. The summed E-state index contributed by atoms with van der Waals surface area (Å²) >= 11 is 11.3. The largest absolute Gasteiger partial charge is 0.493 e. The Balaban J connectivity index is 1.94. The minimum Gasteiger partial charge on any atom is -0.493 e. The van der Waals surface area contributed by atoms with Crippen LogP contribution in [0.3, 0.4) is 0 Å². The number of rotatable bonds is 9. The van der Waals surface area contributed by atoms with Crippen molar-refractivity contribution in [2.24, 2.45) is 5.10 Å². The van der Waals surface area contributed by atoms with E-state index in [4.69, 9.17) is 38.0 Å². The molecular weight excluding hydrogens is 398 g/mol. The highest BCUT2D eigenvalue weighted by molar-refractivity contribution is 7.80. The Bertz CT molecular complexity index is 817. The van der Waals surface area contributed by atoms with E-state index in [1.54, 1.807) is 20.4 Å². The first-order chi connectivity index (χ1) is 13.5. The molecule has 2 rings (SSSR count). The molecule has 0 aromatic heterocycles. The topological polar surface area (TPSA) is 64.1 Å². The van der Waals surface area contributed by atoms with Crippen molar-refractivity contribution in [3.8, 4) is 11.5 Å². The molecule has 1 atom stereocenters. The highest BCUT2D eigenvalue weighted by Gasteiger charge is 2.07. The number of benzene rings is 2. The maximum absolute atomic E-state index is 6.16. The van der Waals surface area contributed by atoms with E-state index < -0.39 is 0 Å². The second kappa shape index (κ2) is 11.5. The monoisotopic (exact) mass is 421 g/mol. The number of nitrogens with one attached hydrogen (secondary N) is 2. The molecule has 0 unspecified atom stereocenters. The van der Waals surface area contributed by atoms with Gasteiger partial charge in [0.05, 0.1) is 19.9 Å². The van der Waals surface area contributed by atoms with Crippen molar-refractivity contribution in [3.63, 3.8) is 0 Å². The molecule has 0 aliphatic rings. The van der Waals surface area contributed by atoms with Crippen LogP contribution in [0.25, 0.3) is 0 Å². The third kappa shape index (κ3) is 6.99. The summed E-state index contributed by atoms with van der Waals surface area (Å²) in [4.78, 5) is 0. The van der Waals surface area contributed by atoms with E-state index in [-0.39, 0.29) is 6.04 Å². The van der Waals surface area contributed by atoms with Gasteiger partial charge in [-0.2, -0.15) is 5.10 Å². The first-order valence-corrected chi connectivity index (χ1v) is 9.45. The van der Waals surface area contributed by atoms with E-state index in [2.05, 4.69) is 15.8 Å². The van der Waals surface area contributed by atoms with Gasteiger partial charge in [-0.3, -0.25) is 5.43 Å². The number of thiocarbonyl (C=S) groups is 1. The van der Waals surface area contributed by atoms with Gasteiger partial charge >= 0.3 is 0 Å². The Morgan fingerprint density at radius 3 is 2.71 bits per heavy atom. The summed E-state index contributed by atoms with van der Waals surface area (Å²) in [7, 11) is 3.23. The molecule has 2 N–H and O–H groups in total. The predicted molar refractivity (Wildman–Crippen MR) is 117 cm³/mol. The molecule has 0 aliphatic heterocycles. The van der Waals surface area contributed by atoms with Gasteiger partial charge in [-0.25, -0.2) is 0 Å². The number of halogens is 1. The molecule has 0 radical (unpaired) electrons. The van der Waals surface area contributed by atoms with Gasteiger partial charge in [0.15, 0.2) is 16.6 Å². The van der Waals surface area contributed by atoms with Gasteiger partial charge in [-0.05, 0) is 49.0 Å². The number of hydrogen-bond donors (Lipinski definition) is 2. The standard InChI is InChI=1S/C20H24ClN3O3S/c1-14(12-25-2)23-20(28)24-22-11-15-8-9-18(19(10-15)26-3)27-13-16-6-4-5-7-17(16)21/h4-11,14H,12-13H2,1-3H3,(H2,23,24,28)/b22-11-/t14-/m0/s1. The van der Waals surface area contributed by atoms with E-state index >= 15 is 0 Å². The maximum Gasteiger partial charge on any atom is 0.187 e. The van der Waals surface area contributed by atoms with Crippen LogP contribution >= 0.6 is 23.8 Å². The van der Waals surface area contributed by atoms with E-state index in [1.165, 1.54) is 0 Å². The minimum absolute atomic E-state index is 0.0924. The van der Waals surface area contributed by atoms with E-state index in [0.29, 0.717) is 34.8 Å². The van der Waals surface area contributed by atoms with Gasteiger partial charge < -0.3 is 19.5 Å². The molecule has 28 heavy (non-hydrogen) atoms. The molecule has 0 spiro atoms. The zero-order valence-electron chi connectivity index (χ0n) is 16.1. The Hall–Kier alpha value is -2.35. The lowest BCUT2D eigenvalue weighted by Crippen LogP contribution is -2.40. The first kappa shape index (κ1) is 21.9. The summed E-state index contributed by atoms with van der Waals surface area (Å²) in [5.74, 6) is 1.23. The van der Waals surface area contributed by atoms with Crippen LogP contribution in [-0.4, -0.2) is 38.2 Å². The lowest BCUT2D eigenvalue weighted by molar-refractivity contribution is 0.179. The fraction of sp³-hybridized carbons (Fsp3) is 0.300. The van der Waals surface area contributed by atoms with Crippen LogP contribution in [0.2, 0.25) is 5.02 Å². The molecule has 2 aromatic rings. The molecule has 0 amide bonds. The molecule has 0 aliphatic carbocycles. The van der Waals surface area contributed by atoms with Crippen LogP contribution in [0.1, 0.15) is 18.1 Å². The van der Waals surface area contributed by atoms with E-state index in [9.17, 15) is 0 Å². The lowest BCUT2D eigenvalue weighted by Gasteiger charge is -2.14. The highest BCUT2D eigenvalue weighted by atomic mass is 35.5. The average Bonchev–Trinajstić information content (AvgIpc) is 2.68. The van der Waals surface area contributed by atoms with Crippen LogP contribution in [0.4, 0.5) is 0 Å². The number of methoxy groups -OCH3 is 2. The van der Waals surface area contributed by atoms with E-state index in [0.717, 1.165) is 11.1 Å². The van der Waals surface area contributed by atoms with Crippen molar-refractivity contribution in [2.75, 3.05) is 20.8 Å². The molecule has 150 valence electrons. The van der Waals surface area contributed by atoms with Crippen molar-refractivity contribution in [3.05, 3.63) is 58.6 Å². The molecule has 8 heteroatoms. The second-order valence-corrected chi connectivity index (χ2v) is 6.81. The Kier molecular flexibility index (Phi) is 9.00. The smallest absolute Gasteiger partial charge is 0.187 e. The van der Waals surface area contributed by atoms with Crippen molar-refractivity contribution in [1.82, 2.24) is 10.7 Å². The summed E-state index contributed by atoms with van der Waals surface area (Å²) in [6, 6.07) is 13.2. The fourth-order valence-corrected chi connectivity index (χ4v) is 2.81. The van der Waals surface area contributed by atoms with Crippen LogP contribution in [-0.2, 0) is 11.3 Å². The Morgan fingerprint density at radius 2 is 2.00 bits per heavy atom. The van der Waals surface area contributed by atoms with Gasteiger partial charge in [0, 0.05) is 23.7 Å². The SMILES string of the molecule is COC[C@H](C)NC(=S)N/N=C\c1ccc(OCc2ccccc2Cl)c(OC)c1. The number of hydrogen-bond acceptors (Lipinski definition) is 5. The summed E-state index contributed by atoms with van der Waals surface area (Å²) in [5, 5.41) is 8.28. The number of hydrazone groups is 1. The Labute approximate surface area is 175 Å². The zero-order chi connectivity index (χ0) is 20.4. The Morgan fingerprint density at radius 1 is 1.21 bits per heavy atom. The molecular formula is C20H24ClN3O3S. The summed E-state index contributed by atoms with van der Waals surface area (Å²) in [6.45, 7) is 2.87. The molecule has 0 saturated heterocycles. The van der Waals surface area contributed by atoms with Gasteiger partial charge in [-0.15, -0.1) is 0 Å². The number of ether oxygens (including phenoxy) is 3. The number of nitrogens with zero attached hydrogens (tertiary/aromatic N) is 1. The highest BCUT2D eigenvalue weighted by Crippen LogP contribution is 2.29. The first-order valence-electron chi connectivity index (χ1n) is 8.66. The van der Waals surface area contributed by atoms with Crippen LogP contribution in [0.15, 0.2) is 47.6 Å². The fourth-order valence-electron chi connectivity index (χ4n) is 2.37. The van der Waals surface area contributed by atoms with Gasteiger partial charge in [0.2, 0.25) is 0 Å². The maximum atomic E-state index is 6.16. The molecule has 0 fully saturated rings. The van der Waals surface area contributed by atoms with Crippen molar-refractivity contribution in [2.45, 2.75) is 19.6 Å². The molecule has 2 aromatic carbocycles. The van der Waals surface area contributed by atoms with E-state index in [1.807, 2.05) is 49.4 Å². The molecule has 0 heterocycles. The predicted octanol–water partition coefficient (Wildman–Crippen LogP) is 3.76. The normalized spacial score (nSPS) is 11.9. The van der Waals surface area contributed by atoms with Crippen molar-refractivity contribution in [1.29, 1.82) is 0 Å². The molecule has 6 nitrogen and oxygen atoms in total. The quantitative estimate of drug-likeness (QED) is 0.365. The third-order valence-corrected chi connectivity index (χ3v) is 4.28. The van der Waals surface area contributed by atoms with Gasteiger partial charge in [-0.1, -0.05) is 29.8 Å². The van der Waals surface area contributed by atoms with Crippen molar-refractivity contribution < 1.29 is 14.2 Å². The summed E-state index contributed by atoms with van der Waals surface area (Å²) in [6.07, 6.45) is 1.65. The van der Waals surface area contributed by atoms with Crippen LogP contribution in [0.5, 0.6) is 11.5 Å². The zero-order valence-corrected chi connectivity index (χ0v) is 17.6. The minimum atomic E-state index is 0.0924. The van der Waals surface area contributed by atoms with Gasteiger partial charge in [0.1, 0.15) is 6.61 Å². The lowest BCUT2D eigenvalue weighted by atomic mass is 10.2.